The second-order valence-electron chi connectivity index (χ2n) is 4.20. The van der Waals surface area contributed by atoms with Gasteiger partial charge in [0.25, 0.3) is 0 Å². The molecule has 1 amide bonds. The minimum Gasteiger partial charge on any atom is -0.490 e. The number of ether oxygens (including phenoxy) is 1. The van der Waals surface area contributed by atoms with Gasteiger partial charge in [0, 0.05) is 0 Å². The molecule has 0 saturated carbocycles. The van der Waals surface area contributed by atoms with E-state index >= 15 is 0 Å². The van der Waals surface area contributed by atoms with Crippen LogP contribution in [-0.2, 0) is 4.79 Å². The van der Waals surface area contributed by atoms with Crippen LogP contribution in [0.25, 0.3) is 0 Å². The molecule has 0 spiro atoms. The van der Waals surface area contributed by atoms with E-state index in [0.717, 1.165) is 24.3 Å². The fraction of sp³-hybridized carbons (Fsp3) is 0.462. The summed E-state index contributed by atoms with van der Waals surface area (Å²) < 4.78 is 5.51. The van der Waals surface area contributed by atoms with Gasteiger partial charge in [-0.1, -0.05) is 25.5 Å². The first kappa shape index (κ1) is 11.9. The van der Waals surface area contributed by atoms with Gasteiger partial charge in [-0.25, -0.2) is 0 Å². The van der Waals surface area contributed by atoms with Gasteiger partial charge in [-0.05, 0) is 18.6 Å². The zero-order valence-corrected chi connectivity index (χ0v) is 10.1. The van der Waals surface area contributed by atoms with E-state index in [-0.39, 0.29) is 5.91 Å². The third kappa shape index (κ3) is 2.42. The fourth-order valence-corrected chi connectivity index (χ4v) is 2.03. The highest BCUT2D eigenvalue weighted by molar-refractivity contribution is 5.98. The molecule has 92 valence electrons. The summed E-state index contributed by atoms with van der Waals surface area (Å²) in [5.41, 5.74) is 6.71. The molecule has 0 aromatic heterocycles. The van der Waals surface area contributed by atoms with Crippen LogP contribution in [0.2, 0.25) is 0 Å². The smallest absolute Gasteiger partial charge is 0.244 e. The predicted molar refractivity (Wildman–Crippen MR) is 67.2 cm³/mol. The van der Waals surface area contributed by atoms with Crippen molar-refractivity contribution in [1.29, 1.82) is 0 Å². The number of anilines is 1. The number of amides is 1. The van der Waals surface area contributed by atoms with E-state index in [9.17, 15) is 4.79 Å². The zero-order valence-electron chi connectivity index (χ0n) is 10.1. The van der Waals surface area contributed by atoms with Crippen molar-refractivity contribution >= 4 is 11.6 Å². The molecular weight excluding hydrogens is 216 g/mol. The first-order chi connectivity index (χ1) is 8.24. The molecule has 2 N–H and O–H groups in total. The number of hydrogen-bond donors (Lipinski definition) is 1. The number of benzene rings is 1. The molecule has 4 heteroatoms. The van der Waals surface area contributed by atoms with Crippen molar-refractivity contribution in [3.8, 4) is 5.75 Å². The Morgan fingerprint density at radius 2 is 2.29 bits per heavy atom. The Morgan fingerprint density at radius 3 is 3.06 bits per heavy atom. The second-order valence-corrected chi connectivity index (χ2v) is 4.20. The lowest BCUT2D eigenvalue weighted by molar-refractivity contribution is -0.120. The number of nitrogens with two attached hydrogens (primary N) is 1. The highest BCUT2D eigenvalue weighted by atomic mass is 16.5. The largest absolute Gasteiger partial charge is 0.490 e. The highest BCUT2D eigenvalue weighted by Crippen LogP contribution is 2.31. The van der Waals surface area contributed by atoms with E-state index < -0.39 is 6.04 Å². The normalized spacial score (nSPS) is 16.0. The standard InChI is InChI=1S/C13H18N2O2/c1-2-5-10(14)13(16)15-8-9-17-12-7-4-3-6-11(12)15/h3-4,6-7,10H,2,5,8-9,14H2,1H3. The number of para-hydroxylation sites is 2. The van der Waals surface area contributed by atoms with E-state index in [1.165, 1.54) is 0 Å². The highest BCUT2D eigenvalue weighted by Gasteiger charge is 2.26. The summed E-state index contributed by atoms with van der Waals surface area (Å²) >= 11 is 0. The van der Waals surface area contributed by atoms with Crippen LogP contribution in [0.1, 0.15) is 19.8 Å². The van der Waals surface area contributed by atoms with Crippen molar-refractivity contribution in [1.82, 2.24) is 0 Å². The van der Waals surface area contributed by atoms with Crippen molar-refractivity contribution in [2.45, 2.75) is 25.8 Å². The predicted octanol–water partition coefficient (Wildman–Crippen LogP) is 1.54. The molecule has 1 unspecified atom stereocenters. The molecule has 2 rings (SSSR count). The van der Waals surface area contributed by atoms with Crippen LogP contribution in [0.3, 0.4) is 0 Å². The molecular formula is C13H18N2O2. The van der Waals surface area contributed by atoms with Gasteiger partial charge in [0.05, 0.1) is 18.3 Å². The van der Waals surface area contributed by atoms with Crippen LogP contribution >= 0.6 is 0 Å². The monoisotopic (exact) mass is 234 g/mol. The van der Waals surface area contributed by atoms with E-state index in [1.807, 2.05) is 31.2 Å². The quantitative estimate of drug-likeness (QED) is 0.863. The summed E-state index contributed by atoms with van der Waals surface area (Å²) in [6.07, 6.45) is 1.64. The first-order valence-electron chi connectivity index (χ1n) is 6.03. The number of nitrogens with zero attached hydrogens (tertiary/aromatic N) is 1. The van der Waals surface area contributed by atoms with Gasteiger partial charge in [-0.15, -0.1) is 0 Å². The van der Waals surface area contributed by atoms with E-state index in [1.54, 1.807) is 4.90 Å². The lowest BCUT2D eigenvalue weighted by Gasteiger charge is -2.31. The van der Waals surface area contributed by atoms with Crippen molar-refractivity contribution in [2.75, 3.05) is 18.1 Å². The molecule has 0 aliphatic carbocycles. The second kappa shape index (κ2) is 5.19. The van der Waals surface area contributed by atoms with Crippen molar-refractivity contribution in [3.05, 3.63) is 24.3 Å². The maximum atomic E-state index is 12.2. The van der Waals surface area contributed by atoms with Gasteiger partial charge in [0.1, 0.15) is 12.4 Å². The van der Waals surface area contributed by atoms with Crippen molar-refractivity contribution < 1.29 is 9.53 Å². The van der Waals surface area contributed by atoms with Crippen LogP contribution in [0.5, 0.6) is 5.75 Å². The van der Waals surface area contributed by atoms with Crippen molar-refractivity contribution in [3.63, 3.8) is 0 Å². The number of rotatable bonds is 3. The maximum Gasteiger partial charge on any atom is 0.244 e. The summed E-state index contributed by atoms with van der Waals surface area (Å²) in [4.78, 5) is 13.9. The van der Waals surface area contributed by atoms with Gasteiger partial charge in [-0.3, -0.25) is 4.79 Å². The van der Waals surface area contributed by atoms with E-state index in [2.05, 4.69) is 0 Å². The minimum absolute atomic E-state index is 0.0115. The van der Waals surface area contributed by atoms with Crippen LogP contribution in [0.4, 0.5) is 5.69 Å². The molecule has 1 aromatic rings. The molecule has 1 atom stereocenters. The lowest BCUT2D eigenvalue weighted by Crippen LogP contribution is -2.47. The molecule has 1 aromatic carbocycles. The van der Waals surface area contributed by atoms with Gasteiger partial charge in [0.15, 0.2) is 0 Å². The summed E-state index contributed by atoms with van der Waals surface area (Å²) in [6.45, 7) is 3.13. The Bertz CT molecular complexity index is 406. The van der Waals surface area contributed by atoms with E-state index in [0.29, 0.717) is 13.2 Å². The summed E-state index contributed by atoms with van der Waals surface area (Å²) in [5, 5.41) is 0. The van der Waals surface area contributed by atoms with Crippen LogP contribution < -0.4 is 15.4 Å². The summed E-state index contributed by atoms with van der Waals surface area (Å²) in [5.74, 6) is 0.749. The van der Waals surface area contributed by atoms with Gasteiger partial charge in [-0.2, -0.15) is 0 Å². The van der Waals surface area contributed by atoms with Gasteiger partial charge < -0.3 is 15.4 Å². The number of carbonyl (C=O) groups is 1. The van der Waals surface area contributed by atoms with Crippen LogP contribution in [-0.4, -0.2) is 25.1 Å². The topological polar surface area (TPSA) is 55.6 Å². The third-order valence-corrected chi connectivity index (χ3v) is 2.91. The fourth-order valence-electron chi connectivity index (χ4n) is 2.03. The third-order valence-electron chi connectivity index (χ3n) is 2.91. The molecule has 17 heavy (non-hydrogen) atoms. The van der Waals surface area contributed by atoms with Crippen LogP contribution in [0.15, 0.2) is 24.3 Å². The maximum absolute atomic E-state index is 12.2. The van der Waals surface area contributed by atoms with E-state index in [4.69, 9.17) is 10.5 Å². The number of carbonyl (C=O) groups excluding carboxylic acids is 1. The van der Waals surface area contributed by atoms with Gasteiger partial charge in [0.2, 0.25) is 5.91 Å². The molecule has 0 saturated heterocycles. The van der Waals surface area contributed by atoms with Crippen molar-refractivity contribution in [2.24, 2.45) is 5.73 Å². The average Bonchev–Trinajstić information content (AvgIpc) is 2.37. The molecule has 1 heterocycles. The summed E-state index contributed by atoms with van der Waals surface area (Å²) in [7, 11) is 0. The molecule has 1 aliphatic rings. The first-order valence-corrected chi connectivity index (χ1v) is 6.03. The Kier molecular flexibility index (Phi) is 3.64. The average molecular weight is 234 g/mol. The molecule has 0 bridgehead atoms. The minimum atomic E-state index is -0.411. The molecule has 4 nitrogen and oxygen atoms in total. The molecule has 0 fully saturated rings. The van der Waals surface area contributed by atoms with Crippen LogP contribution in [0, 0.1) is 0 Å². The lowest BCUT2D eigenvalue weighted by atomic mass is 10.1. The number of hydrogen-bond acceptors (Lipinski definition) is 3. The molecule has 1 aliphatic heterocycles. The Morgan fingerprint density at radius 1 is 1.53 bits per heavy atom. The van der Waals surface area contributed by atoms with Gasteiger partial charge >= 0.3 is 0 Å². The number of fused-ring (bicyclic) bond motifs is 1. The zero-order chi connectivity index (χ0) is 12.3. The Balaban J connectivity index is 2.20. The Labute approximate surface area is 101 Å². The Hall–Kier alpha value is -1.55. The summed E-state index contributed by atoms with van der Waals surface area (Å²) in [6, 6.07) is 7.16. The molecule has 0 radical (unpaired) electrons. The SMILES string of the molecule is CCCC(N)C(=O)N1CCOc2ccccc21.